The van der Waals surface area contributed by atoms with Gasteiger partial charge in [0.25, 0.3) is 0 Å². The topological polar surface area (TPSA) is 50.3 Å². The van der Waals surface area contributed by atoms with Gasteiger partial charge in [0.2, 0.25) is 0 Å². The van der Waals surface area contributed by atoms with E-state index in [1.54, 1.807) is 18.1 Å². The Morgan fingerprint density at radius 1 is 1.56 bits per heavy atom. The molecule has 100 valence electrons. The zero-order valence-corrected chi connectivity index (χ0v) is 11.7. The van der Waals surface area contributed by atoms with Gasteiger partial charge in [-0.1, -0.05) is 6.92 Å². The van der Waals surface area contributed by atoms with Crippen LogP contribution in [0.25, 0.3) is 0 Å². The fourth-order valence-electron chi connectivity index (χ4n) is 2.04. The average Bonchev–Trinajstić information content (AvgIpc) is 2.45. The number of hydrogen-bond acceptors (Lipinski definition) is 6. The van der Waals surface area contributed by atoms with Crippen LogP contribution in [0.15, 0.2) is 17.4 Å². The van der Waals surface area contributed by atoms with Gasteiger partial charge in [-0.2, -0.15) is 0 Å². The lowest BCUT2D eigenvalue weighted by molar-refractivity contribution is 0.0934. The molecule has 1 N–H and O–H groups in total. The van der Waals surface area contributed by atoms with Crippen LogP contribution in [0.1, 0.15) is 6.92 Å². The molecule has 0 radical (unpaired) electrons. The molecule has 0 spiro atoms. The van der Waals surface area contributed by atoms with Gasteiger partial charge in [-0.3, -0.25) is 0 Å². The van der Waals surface area contributed by atoms with Gasteiger partial charge in [0, 0.05) is 19.2 Å². The van der Waals surface area contributed by atoms with Crippen molar-refractivity contribution in [2.24, 2.45) is 0 Å². The minimum absolute atomic E-state index is 0.350. The van der Waals surface area contributed by atoms with Crippen LogP contribution in [0.2, 0.25) is 0 Å². The molecule has 1 aliphatic heterocycles. The van der Waals surface area contributed by atoms with Crippen LogP contribution in [-0.4, -0.2) is 55.1 Å². The molecule has 0 amide bonds. The summed E-state index contributed by atoms with van der Waals surface area (Å²) in [4.78, 5) is 10.9. The highest BCUT2D eigenvalue weighted by Gasteiger charge is 2.23. The number of hydrogen-bond donors (Lipinski definition) is 1. The molecule has 1 atom stereocenters. The Bertz CT molecular complexity index is 377. The van der Waals surface area contributed by atoms with E-state index in [0.717, 1.165) is 43.7 Å². The lowest BCUT2D eigenvalue weighted by Gasteiger charge is -2.36. The first kappa shape index (κ1) is 13.6. The number of aromatic nitrogens is 2. The third-order valence-electron chi connectivity index (χ3n) is 2.99. The van der Waals surface area contributed by atoms with E-state index in [9.17, 15) is 0 Å². The van der Waals surface area contributed by atoms with Crippen LogP contribution in [0.4, 0.5) is 5.82 Å². The molecule has 0 aromatic carbocycles. The van der Waals surface area contributed by atoms with E-state index in [1.807, 2.05) is 6.26 Å². The van der Waals surface area contributed by atoms with Gasteiger partial charge in [-0.15, -0.1) is 11.8 Å². The summed E-state index contributed by atoms with van der Waals surface area (Å²) in [6.07, 6.45) is 3.67. The molecule has 1 saturated heterocycles. The lowest BCUT2D eigenvalue weighted by atomic mass is 10.2. The maximum absolute atomic E-state index is 5.56. The van der Waals surface area contributed by atoms with Crippen molar-refractivity contribution in [1.29, 1.82) is 0 Å². The Morgan fingerprint density at radius 3 is 3.22 bits per heavy atom. The Hall–Kier alpha value is -0.850. The highest BCUT2D eigenvalue weighted by atomic mass is 32.2. The number of likely N-dealkylation sites (N-methyl/N-ethyl adjacent to an activating group) is 1. The van der Waals surface area contributed by atoms with Gasteiger partial charge in [0.15, 0.2) is 0 Å². The molecule has 0 aliphatic carbocycles. The minimum Gasteiger partial charge on any atom is -0.377 e. The van der Waals surface area contributed by atoms with E-state index in [4.69, 9.17) is 4.74 Å². The van der Waals surface area contributed by atoms with Crippen molar-refractivity contribution in [3.8, 4) is 0 Å². The molecule has 1 unspecified atom stereocenters. The number of morpholine rings is 1. The smallest absolute Gasteiger partial charge is 0.133 e. The molecule has 1 aromatic rings. The number of nitrogens with one attached hydrogen (secondary N) is 1. The van der Waals surface area contributed by atoms with E-state index < -0.39 is 0 Å². The number of rotatable bonds is 5. The van der Waals surface area contributed by atoms with Gasteiger partial charge in [0.1, 0.15) is 17.2 Å². The molecule has 6 heteroatoms. The van der Waals surface area contributed by atoms with Crippen molar-refractivity contribution in [2.45, 2.75) is 18.0 Å². The van der Waals surface area contributed by atoms with E-state index in [1.165, 1.54) is 0 Å². The lowest BCUT2D eigenvalue weighted by Crippen LogP contribution is -2.51. The zero-order valence-electron chi connectivity index (χ0n) is 10.9. The number of nitrogens with zero attached hydrogens (tertiary/aromatic N) is 3. The molecule has 2 rings (SSSR count). The Balaban J connectivity index is 2.11. The summed E-state index contributed by atoms with van der Waals surface area (Å²) in [5.41, 5.74) is 0. The van der Waals surface area contributed by atoms with Crippen molar-refractivity contribution in [3.63, 3.8) is 0 Å². The highest BCUT2D eigenvalue weighted by Crippen LogP contribution is 2.20. The molecule has 1 fully saturated rings. The fraction of sp³-hybridized carbons (Fsp3) is 0.667. The van der Waals surface area contributed by atoms with Gasteiger partial charge >= 0.3 is 0 Å². The van der Waals surface area contributed by atoms with Crippen molar-refractivity contribution < 1.29 is 4.74 Å². The van der Waals surface area contributed by atoms with Gasteiger partial charge in [0.05, 0.1) is 19.3 Å². The summed E-state index contributed by atoms with van der Waals surface area (Å²) in [5, 5.41) is 4.38. The monoisotopic (exact) mass is 268 g/mol. The molecule has 2 heterocycles. The van der Waals surface area contributed by atoms with Crippen LogP contribution in [0, 0.1) is 0 Å². The number of anilines is 1. The third kappa shape index (κ3) is 3.34. The molecular weight excluding hydrogens is 248 g/mol. The van der Waals surface area contributed by atoms with Crippen molar-refractivity contribution in [1.82, 2.24) is 15.3 Å². The summed E-state index contributed by atoms with van der Waals surface area (Å²) in [5.74, 6) is 1.00. The van der Waals surface area contributed by atoms with Gasteiger partial charge in [-0.25, -0.2) is 9.97 Å². The van der Waals surface area contributed by atoms with Crippen molar-refractivity contribution in [2.75, 3.05) is 44.0 Å². The summed E-state index contributed by atoms with van der Waals surface area (Å²) >= 11 is 1.64. The van der Waals surface area contributed by atoms with Crippen molar-refractivity contribution in [3.05, 3.63) is 12.4 Å². The molecule has 5 nitrogen and oxygen atoms in total. The summed E-state index contributed by atoms with van der Waals surface area (Å²) in [6, 6.07) is 2.40. The molecule has 0 bridgehead atoms. The molecule has 1 aliphatic rings. The first-order chi connectivity index (χ1) is 8.85. The van der Waals surface area contributed by atoms with E-state index in [-0.39, 0.29) is 0 Å². The number of ether oxygens (including phenoxy) is 1. The van der Waals surface area contributed by atoms with Gasteiger partial charge < -0.3 is 15.0 Å². The van der Waals surface area contributed by atoms with Crippen molar-refractivity contribution >= 4 is 17.6 Å². The molecule has 1 aromatic heterocycles. The molecule has 0 saturated carbocycles. The number of thioether (sulfide) groups is 1. The molecular formula is C12H20N4OS. The zero-order chi connectivity index (χ0) is 12.8. The minimum atomic E-state index is 0.350. The van der Waals surface area contributed by atoms with E-state index >= 15 is 0 Å². The second kappa shape index (κ2) is 6.92. The second-order valence-electron chi connectivity index (χ2n) is 4.15. The predicted octanol–water partition coefficient (Wildman–Crippen LogP) is 1.01. The Morgan fingerprint density at radius 2 is 2.44 bits per heavy atom. The SMILES string of the molecule is CCNCC1COCCN1c1cc(SC)ncn1. The van der Waals surface area contributed by atoms with E-state index in [0.29, 0.717) is 6.04 Å². The summed E-state index contributed by atoms with van der Waals surface area (Å²) in [7, 11) is 0. The standard InChI is InChI=1S/C12H20N4OS/c1-3-13-7-10-8-17-5-4-16(10)11-6-12(18-2)15-9-14-11/h6,9-10,13H,3-5,7-8H2,1-2H3. The van der Waals surface area contributed by atoms with Crippen LogP contribution in [-0.2, 0) is 4.74 Å². The average molecular weight is 268 g/mol. The maximum Gasteiger partial charge on any atom is 0.133 e. The maximum atomic E-state index is 5.56. The quantitative estimate of drug-likeness (QED) is 0.635. The molecule has 18 heavy (non-hydrogen) atoms. The largest absolute Gasteiger partial charge is 0.377 e. The summed E-state index contributed by atoms with van der Waals surface area (Å²) < 4.78 is 5.56. The summed E-state index contributed by atoms with van der Waals surface area (Å²) in [6.45, 7) is 6.43. The first-order valence-electron chi connectivity index (χ1n) is 6.26. The first-order valence-corrected chi connectivity index (χ1v) is 7.48. The van der Waals surface area contributed by atoms with Gasteiger partial charge in [-0.05, 0) is 12.8 Å². The Labute approximate surface area is 112 Å². The van der Waals surface area contributed by atoms with Crippen LogP contribution >= 0.6 is 11.8 Å². The van der Waals surface area contributed by atoms with Crippen LogP contribution in [0.5, 0.6) is 0 Å². The van der Waals surface area contributed by atoms with Crippen LogP contribution < -0.4 is 10.2 Å². The third-order valence-corrected chi connectivity index (χ3v) is 3.63. The fourth-order valence-corrected chi connectivity index (χ4v) is 2.41. The Kier molecular flexibility index (Phi) is 5.22. The highest BCUT2D eigenvalue weighted by molar-refractivity contribution is 7.98. The predicted molar refractivity (Wildman–Crippen MR) is 74.3 cm³/mol. The van der Waals surface area contributed by atoms with E-state index in [2.05, 4.69) is 33.2 Å². The van der Waals surface area contributed by atoms with Crippen LogP contribution in [0.3, 0.4) is 0 Å². The second-order valence-corrected chi connectivity index (χ2v) is 4.97. The normalized spacial score (nSPS) is 20.1.